The lowest BCUT2D eigenvalue weighted by atomic mass is 10.0. The number of hydrogen-bond donors (Lipinski definition) is 0. The Bertz CT molecular complexity index is 190. The van der Waals surface area contributed by atoms with Crippen LogP contribution in [0.3, 0.4) is 0 Å². The summed E-state index contributed by atoms with van der Waals surface area (Å²) in [5, 5.41) is 0. The van der Waals surface area contributed by atoms with Crippen molar-refractivity contribution in [2.75, 3.05) is 7.11 Å². The Hall–Kier alpha value is -0.790. The lowest BCUT2D eigenvalue weighted by molar-refractivity contribution is -0.136. The fraction of sp³-hybridized carbons (Fsp3) is 0.700. The first kappa shape index (κ1) is 11.2. The SMILES string of the molecule is COC(=O)C(C)=C(C)CC(C)C. The molecule has 0 saturated heterocycles. The van der Waals surface area contributed by atoms with Crippen LogP contribution in [-0.2, 0) is 9.53 Å². The molecule has 0 atom stereocenters. The van der Waals surface area contributed by atoms with Gasteiger partial charge < -0.3 is 4.74 Å². The van der Waals surface area contributed by atoms with Gasteiger partial charge in [-0.3, -0.25) is 0 Å². The van der Waals surface area contributed by atoms with Gasteiger partial charge in [0.25, 0.3) is 0 Å². The molecular formula is C10H18O2. The first-order valence-electron chi connectivity index (χ1n) is 4.23. The summed E-state index contributed by atoms with van der Waals surface area (Å²) >= 11 is 0. The number of rotatable bonds is 3. The van der Waals surface area contributed by atoms with E-state index in [2.05, 4.69) is 18.6 Å². The van der Waals surface area contributed by atoms with E-state index in [1.54, 1.807) is 0 Å². The number of allylic oxidation sites excluding steroid dienone is 1. The molecule has 2 heteroatoms. The van der Waals surface area contributed by atoms with E-state index in [0.29, 0.717) is 5.92 Å². The maximum absolute atomic E-state index is 11.1. The normalized spacial score (nSPS) is 12.8. The Labute approximate surface area is 74.6 Å². The van der Waals surface area contributed by atoms with Crippen LogP contribution < -0.4 is 0 Å². The summed E-state index contributed by atoms with van der Waals surface area (Å²) in [6, 6.07) is 0. The predicted octanol–water partition coefficient (Wildman–Crippen LogP) is 2.54. The summed E-state index contributed by atoms with van der Waals surface area (Å²) < 4.78 is 4.62. The lowest BCUT2D eigenvalue weighted by Gasteiger charge is -2.08. The van der Waals surface area contributed by atoms with Crippen molar-refractivity contribution in [2.24, 2.45) is 5.92 Å². The second kappa shape index (κ2) is 4.96. The molecule has 0 spiro atoms. The highest BCUT2D eigenvalue weighted by Crippen LogP contribution is 2.14. The topological polar surface area (TPSA) is 26.3 Å². The average Bonchev–Trinajstić information content (AvgIpc) is 2.00. The summed E-state index contributed by atoms with van der Waals surface area (Å²) in [7, 11) is 1.41. The number of carbonyl (C=O) groups is 1. The molecule has 0 heterocycles. The number of methoxy groups -OCH3 is 1. The van der Waals surface area contributed by atoms with Gasteiger partial charge in [0.15, 0.2) is 0 Å². The van der Waals surface area contributed by atoms with Gasteiger partial charge in [-0.05, 0) is 26.2 Å². The molecule has 0 fully saturated rings. The van der Waals surface area contributed by atoms with Crippen LogP contribution in [0.2, 0.25) is 0 Å². The molecule has 0 radical (unpaired) electrons. The quantitative estimate of drug-likeness (QED) is 0.480. The number of esters is 1. The third-order valence-corrected chi connectivity index (χ3v) is 1.85. The van der Waals surface area contributed by atoms with Gasteiger partial charge in [-0.15, -0.1) is 0 Å². The molecule has 0 unspecified atom stereocenters. The Morgan fingerprint density at radius 1 is 1.33 bits per heavy atom. The largest absolute Gasteiger partial charge is 0.466 e. The minimum absolute atomic E-state index is 0.215. The second-order valence-corrected chi connectivity index (χ2v) is 3.49. The predicted molar refractivity (Wildman–Crippen MR) is 49.8 cm³/mol. The summed E-state index contributed by atoms with van der Waals surface area (Å²) in [6.45, 7) is 8.05. The molecule has 0 N–H and O–H groups in total. The molecule has 0 aliphatic rings. The third kappa shape index (κ3) is 3.56. The Morgan fingerprint density at radius 2 is 1.83 bits per heavy atom. The van der Waals surface area contributed by atoms with Crippen molar-refractivity contribution in [1.29, 1.82) is 0 Å². The van der Waals surface area contributed by atoms with Gasteiger partial charge in [-0.2, -0.15) is 0 Å². The molecular weight excluding hydrogens is 152 g/mol. The van der Waals surface area contributed by atoms with E-state index in [-0.39, 0.29) is 5.97 Å². The van der Waals surface area contributed by atoms with Crippen molar-refractivity contribution >= 4 is 5.97 Å². The van der Waals surface area contributed by atoms with Gasteiger partial charge in [0, 0.05) is 5.57 Å². The highest BCUT2D eigenvalue weighted by atomic mass is 16.5. The van der Waals surface area contributed by atoms with Crippen LogP contribution in [-0.4, -0.2) is 13.1 Å². The van der Waals surface area contributed by atoms with E-state index in [1.165, 1.54) is 7.11 Å². The highest BCUT2D eigenvalue weighted by Gasteiger charge is 2.07. The molecule has 70 valence electrons. The molecule has 0 aromatic carbocycles. The molecule has 0 amide bonds. The van der Waals surface area contributed by atoms with Crippen LogP contribution in [0.25, 0.3) is 0 Å². The van der Waals surface area contributed by atoms with Gasteiger partial charge in [0.05, 0.1) is 7.11 Å². The smallest absolute Gasteiger partial charge is 0.333 e. The standard InChI is InChI=1S/C10H18O2/c1-7(2)6-8(3)9(4)10(11)12-5/h7H,6H2,1-5H3. The summed E-state index contributed by atoms with van der Waals surface area (Å²) in [5.41, 5.74) is 1.86. The van der Waals surface area contributed by atoms with Gasteiger partial charge in [-0.1, -0.05) is 19.4 Å². The van der Waals surface area contributed by atoms with Crippen molar-refractivity contribution in [3.05, 3.63) is 11.1 Å². The van der Waals surface area contributed by atoms with E-state index >= 15 is 0 Å². The zero-order valence-corrected chi connectivity index (χ0v) is 8.60. The third-order valence-electron chi connectivity index (χ3n) is 1.85. The zero-order valence-electron chi connectivity index (χ0n) is 8.60. The monoisotopic (exact) mass is 170 g/mol. The van der Waals surface area contributed by atoms with Crippen LogP contribution in [0.15, 0.2) is 11.1 Å². The van der Waals surface area contributed by atoms with E-state index in [1.807, 2.05) is 13.8 Å². The molecule has 0 saturated carbocycles. The average molecular weight is 170 g/mol. The maximum atomic E-state index is 11.1. The van der Waals surface area contributed by atoms with Crippen LogP contribution in [0.1, 0.15) is 34.1 Å². The van der Waals surface area contributed by atoms with Crippen LogP contribution in [0.5, 0.6) is 0 Å². The van der Waals surface area contributed by atoms with Crippen molar-refractivity contribution in [1.82, 2.24) is 0 Å². The van der Waals surface area contributed by atoms with E-state index in [0.717, 1.165) is 17.6 Å². The fourth-order valence-corrected chi connectivity index (χ4v) is 1.09. The minimum Gasteiger partial charge on any atom is -0.466 e. The van der Waals surface area contributed by atoms with Gasteiger partial charge in [0.1, 0.15) is 0 Å². The maximum Gasteiger partial charge on any atom is 0.333 e. The molecule has 12 heavy (non-hydrogen) atoms. The van der Waals surface area contributed by atoms with Gasteiger partial charge >= 0.3 is 5.97 Å². The van der Waals surface area contributed by atoms with Crippen molar-refractivity contribution in [3.8, 4) is 0 Å². The first-order chi connectivity index (χ1) is 5.49. The Kier molecular flexibility index (Phi) is 4.64. The van der Waals surface area contributed by atoms with E-state index < -0.39 is 0 Å². The summed E-state index contributed by atoms with van der Waals surface area (Å²) in [4.78, 5) is 11.1. The van der Waals surface area contributed by atoms with Crippen molar-refractivity contribution in [3.63, 3.8) is 0 Å². The molecule has 2 nitrogen and oxygen atoms in total. The molecule has 0 rings (SSSR count). The number of ether oxygens (including phenoxy) is 1. The lowest BCUT2D eigenvalue weighted by Crippen LogP contribution is -2.05. The molecule has 0 aliphatic carbocycles. The van der Waals surface area contributed by atoms with Crippen LogP contribution >= 0.6 is 0 Å². The summed E-state index contributed by atoms with van der Waals surface area (Å²) in [5.74, 6) is 0.373. The van der Waals surface area contributed by atoms with Crippen LogP contribution in [0.4, 0.5) is 0 Å². The molecule has 0 bridgehead atoms. The second-order valence-electron chi connectivity index (χ2n) is 3.49. The van der Waals surface area contributed by atoms with Gasteiger partial charge in [-0.25, -0.2) is 4.79 Å². The number of hydrogen-bond acceptors (Lipinski definition) is 2. The summed E-state index contributed by atoms with van der Waals surface area (Å²) in [6.07, 6.45) is 0.959. The van der Waals surface area contributed by atoms with Gasteiger partial charge in [0.2, 0.25) is 0 Å². The Morgan fingerprint density at radius 3 is 2.17 bits per heavy atom. The van der Waals surface area contributed by atoms with E-state index in [9.17, 15) is 4.79 Å². The van der Waals surface area contributed by atoms with Crippen LogP contribution in [0, 0.1) is 5.92 Å². The molecule has 0 aromatic rings. The van der Waals surface area contributed by atoms with Crippen molar-refractivity contribution < 1.29 is 9.53 Å². The fourth-order valence-electron chi connectivity index (χ4n) is 1.09. The molecule has 0 aromatic heterocycles. The van der Waals surface area contributed by atoms with E-state index in [4.69, 9.17) is 0 Å². The zero-order chi connectivity index (χ0) is 9.72. The number of carbonyl (C=O) groups excluding carboxylic acids is 1. The Balaban J connectivity index is 4.35. The highest BCUT2D eigenvalue weighted by molar-refractivity contribution is 5.88. The molecule has 0 aliphatic heterocycles. The first-order valence-corrected chi connectivity index (χ1v) is 4.23. The minimum atomic E-state index is -0.215. The van der Waals surface area contributed by atoms with Crippen molar-refractivity contribution in [2.45, 2.75) is 34.1 Å².